The quantitative estimate of drug-likeness (QED) is 0.532. The van der Waals surface area contributed by atoms with Crippen molar-refractivity contribution in [2.24, 2.45) is 0 Å². The number of aldehydes is 1. The Morgan fingerprint density at radius 3 is 2.85 bits per heavy atom. The molecule has 2 heterocycles. The van der Waals surface area contributed by atoms with E-state index in [1.165, 1.54) is 6.07 Å². The van der Waals surface area contributed by atoms with Crippen LogP contribution in [-0.2, 0) is 0 Å². The van der Waals surface area contributed by atoms with Gasteiger partial charge in [0, 0.05) is 5.39 Å². The highest BCUT2D eigenvalue weighted by molar-refractivity contribution is 6.32. The summed E-state index contributed by atoms with van der Waals surface area (Å²) in [6.07, 6.45) is 0.556. The van der Waals surface area contributed by atoms with Crippen LogP contribution in [0.15, 0.2) is 28.7 Å². The van der Waals surface area contributed by atoms with Gasteiger partial charge in [0.2, 0.25) is 0 Å². The van der Waals surface area contributed by atoms with Crippen molar-refractivity contribution >= 4 is 28.9 Å². The average Bonchev–Trinajstić information content (AvgIpc) is 2.83. The molecule has 0 aliphatic heterocycles. The lowest BCUT2D eigenvalue weighted by Gasteiger charge is -2.03. The van der Waals surface area contributed by atoms with Gasteiger partial charge in [0.15, 0.2) is 23.4 Å². The third-order valence-electron chi connectivity index (χ3n) is 2.86. The van der Waals surface area contributed by atoms with Crippen molar-refractivity contribution in [2.75, 3.05) is 0 Å². The van der Waals surface area contributed by atoms with Crippen LogP contribution >= 0.6 is 11.6 Å². The summed E-state index contributed by atoms with van der Waals surface area (Å²) in [4.78, 5) is 19.2. The molecule has 20 heavy (non-hydrogen) atoms. The molecule has 3 aromatic rings. The van der Waals surface area contributed by atoms with Crippen molar-refractivity contribution in [3.8, 4) is 11.5 Å². The molecule has 0 radical (unpaired) electrons. The molecule has 0 saturated heterocycles. The molecule has 0 spiro atoms. The number of benzene rings is 1. The molecule has 0 bridgehead atoms. The van der Waals surface area contributed by atoms with Gasteiger partial charge in [-0.3, -0.25) is 4.79 Å². The Morgan fingerprint density at radius 1 is 1.35 bits per heavy atom. The summed E-state index contributed by atoms with van der Waals surface area (Å²) in [5, 5.41) is 0.632. The lowest BCUT2D eigenvalue weighted by Crippen LogP contribution is -1.98. The van der Waals surface area contributed by atoms with Crippen LogP contribution in [0.5, 0.6) is 0 Å². The lowest BCUT2D eigenvalue weighted by molar-refractivity contribution is 0.112. The summed E-state index contributed by atoms with van der Waals surface area (Å²) < 4.78 is 19.1. The number of hydrogen-bond donors (Lipinski definition) is 0. The maximum Gasteiger partial charge on any atom is 0.170 e. The van der Waals surface area contributed by atoms with Gasteiger partial charge in [-0.25, -0.2) is 14.4 Å². The van der Waals surface area contributed by atoms with Crippen LogP contribution in [-0.4, -0.2) is 16.3 Å². The van der Waals surface area contributed by atoms with Gasteiger partial charge in [0.1, 0.15) is 16.7 Å². The number of rotatable bonds is 2. The van der Waals surface area contributed by atoms with Gasteiger partial charge < -0.3 is 4.42 Å². The molecule has 3 rings (SSSR count). The molecule has 0 saturated carbocycles. The third kappa shape index (κ3) is 1.96. The Balaban J connectivity index is 2.30. The second-order valence-corrected chi connectivity index (χ2v) is 4.57. The standard InChI is InChI=1S/C14H8ClFN2O2/c1-7-17-12(9(6-19)14(15)18-7)11-5-8-3-2-4-10(16)13(8)20-11/h2-6H,1H3. The summed E-state index contributed by atoms with van der Waals surface area (Å²) in [6, 6.07) is 6.20. The van der Waals surface area contributed by atoms with Gasteiger partial charge in [-0.15, -0.1) is 0 Å². The summed E-state index contributed by atoms with van der Waals surface area (Å²) in [7, 11) is 0. The van der Waals surface area contributed by atoms with E-state index in [2.05, 4.69) is 9.97 Å². The van der Waals surface area contributed by atoms with Gasteiger partial charge >= 0.3 is 0 Å². The number of hydrogen-bond acceptors (Lipinski definition) is 4. The summed E-state index contributed by atoms with van der Waals surface area (Å²) in [6.45, 7) is 1.65. The molecule has 0 N–H and O–H groups in total. The summed E-state index contributed by atoms with van der Waals surface area (Å²) in [5.74, 6) is 0.203. The van der Waals surface area contributed by atoms with Gasteiger partial charge in [0.05, 0.1) is 5.56 Å². The van der Waals surface area contributed by atoms with E-state index in [-0.39, 0.29) is 27.8 Å². The first-order valence-corrected chi connectivity index (χ1v) is 6.15. The molecule has 1 aromatic carbocycles. The number of fused-ring (bicyclic) bond motifs is 1. The maximum atomic E-state index is 13.6. The van der Waals surface area contributed by atoms with Crippen molar-refractivity contribution in [3.63, 3.8) is 0 Å². The Bertz CT molecular complexity index is 829. The normalized spacial score (nSPS) is 10.9. The van der Waals surface area contributed by atoms with Crippen LogP contribution in [0.1, 0.15) is 16.2 Å². The summed E-state index contributed by atoms with van der Waals surface area (Å²) in [5.41, 5.74) is 0.497. The van der Waals surface area contributed by atoms with Crippen LogP contribution in [0.3, 0.4) is 0 Å². The predicted octanol–water partition coefficient (Wildman–Crippen LogP) is 3.80. The fraction of sp³-hybridized carbons (Fsp3) is 0.0714. The molecule has 100 valence electrons. The van der Waals surface area contributed by atoms with Crippen LogP contribution < -0.4 is 0 Å². The number of carbonyl (C=O) groups is 1. The van der Waals surface area contributed by atoms with Gasteiger partial charge in [-0.05, 0) is 19.1 Å². The number of aryl methyl sites for hydroxylation is 1. The molecule has 0 aliphatic carbocycles. The first-order valence-electron chi connectivity index (χ1n) is 5.78. The SMILES string of the molecule is Cc1nc(Cl)c(C=O)c(-c2cc3cccc(F)c3o2)n1. The van der Waals surface area contributed by atoms with Crippen LogP contribution in [0.25, 0.3) is 22.4 Å². The molecular formula is C14H8ClFN2O2. The molecule has 6 heteroatoms. The first-order chi connectivity index (χ1) is 9.60. The zero-order valence-electron chi connectivity index (χ0n) is 10.4. The maximum absolute atomic E-state index is 13.6. The van der Waals surface area contributed by atoms with Crippen LogP contribution in [0, 0.1) is 12.7 Å². The van der Waals surface area contributed by atoms with Crippen molar-refractivity contribution in [2.45, 2.75) is 6.92 Å². The lowest BCUT2D eigenvalue weighted by atomic mass is 10.2. The smallest absolute Gasteiger partial charge is 0.170 e. The van der Waals surface area contributed by atoms with Crippen molar-refractivity contribution < 1.29 is 13.6 Å². The largest absolute Gasteiger partial charge is 0.451 e. The Morgan fingerprint density at radius 2 is 2.15 bits per heavy atom. The Hall–Kier alpha value is -2.27. The van der Waals surface area contributed by atoms with E-state index in [1.54, 1.807) is 25.1 Å². The number of aromatic nitrogens is 2. The number of carbonyl (C=O) groups excluding carboxylic acids is 1. The molecule has 0 atom stereocenters. The minimum Gasteiger partial charge on any atom is -0.451 e. The molecular weight excluding hydrogens is 283 g/mol. The highest BCUT2D eigenvalue weighted by Crippen LogP contribution is 2.31. The predicted molar refractivity (Wildman–Crippen MR) is 72.3 cm³/mol. The van der Waals surface area contributed by atoms with Gasteiger partial charge in [-0.2, -0.15) is 0 Å². The second-order valence-electron chi connectivity index (χ2n) is 4.21. The number of nitrogens with zero attached hydrogens (tertiary/aromatic N) is 2. The minimum absolute atomic E-state index is 0.0448. The molecule has 0 aliphatic rings. The van der Waals surface area contributed by atoms with Gasteiger partial charge in [0.25, 0.3) is 0 Å². The van der Waals surface area contributed by atoms with E-state index in [4.69, 9.17) is 16.0 Å². The Labute approximate surface area is 118 Å². The van der Waals surface area contributed by atoms with Crippen molar-refractivity contribution in [1.82, 2.24) is 9.97 Å². The second kappa shape index (κ2) is 4.68. The topological polar surface area (TPSA) is 56.0 Å². The highest BCUT2D eigenvalue weighted by atomic mass is 35.5. The number of halogens is 2. The van der Waals surface area contributed by atoms with E-state index in [0.29, 0.717) is 17.5 Å². The number of furan rings is 1. The van der Waals surface area contributed by atoms with E-state index < -0.39 is 5.82 Å². The van der Waals surface area contributed by atoms with E-state index >= 15 is 0 Å². The Kier molecular flexibility index (Phi) is 2.99. The fourth-order valence-electron chi connectivity index (χ4n) is 1.98. The third-order valence-corrected chi connectivity index (χ3v) is 3.15. The highest BCUT2D eigenvalue weighted by Gasteiger charge is 2.17. The zero-order valence-corrected chi connectivity index (χ0v) is 11.1. The van der Waals surface area contributed by atoms with E-state index in [0.717, 1.165) is 0 Å². The molecule has 4 nitrogen and oxygen atoms in total. The minimum atomic E-state index is -0.474. The van der Waals surface area contributed by atoms with Gasteiger partial charge in [-0.1, -0.05) is 23.7 Å². The average molecular weight is 291 g/mol. The molecule has 0 amide bonds. The first kappa shape index (κ1) is 12.7. The van der Waals surface area contributed by atoms with Crippen LogP contribution in [0.4, 0.5) is 4.39 Å². The van der Waals surface area contributed by atoms with Crippen molar-refractivity contribution in [1.29, 1.82) is 0 Å². The molecule has 2 aromatic heterocycles. The molecule has 0 unspecified atom stereocenters. The van der Waals surface area contributed by atoms with Crippen molar-refractivity contribution in [3.05, 3.63) is 46.6 Å². The van der Waals surface area contributed by atoms with E-state index in [9.17, 15) is 9.18 Å². The monoisotopic (exact) mass is 290 g/mol. The molecule has 0 fully saturated rings. The van der Waals surface area contributed by atoms with Crippen LogP contribution in [0.2, 0.25) is 5.15 Å². The fourth-order valence-corrected chi connectivity index (χ4v) is 2.24. The number of para-hydroxylation sites is 1. The van der Waals surface area contributed by atoms with E-state index in [1.807, 2.05) is 0 Å². The summed E-state index contributed by atoms with van der Waals surface area (Å²) >= 11 is 5.92. The zero-order chi connectivity index (χ0) is 14.3.